The molecule has 0 amide bonds. The van der Waals surface area contributed by atoms with Gasteiger partial charge in [-0.25, -0.2) is 0 Å². The largest absolute Gasteiger partial charge is 0.393 e. The van der Waals surface area contributed by atoms with Crippen molar-refractivity contribution < 1.29 is 28.8 Å². The summed E-state index contributed by atoms with van der Waals surface area (Å²) in [5.41, 5.74) is -0.591. The van der Waals surface area contributed by atoms with Crippen LogP contribution in [-0.2, 0) is 23.7 Å². The number of aliphatic hydroxyl groups is 1. The van der Waals surface area contributed by atoms with Crippen molar-refractivity contribution in [2.75, 3.05) is 6.61 Å². The number of hydrogen-bond donors (Lipinski definition) is 1. The van der Waals surface area contributed by atoms with E-state index in [2.05, 4.69) is 13.5 Å². The van der Waals surface area contributed by atoms with Crippen molar-refractivity contribution in [2.45, 2.75) is 96.2 Å². The van der Waals surface area contributed by atoms with Crippen LogP contribution < -0.4 is 0 Å². The fourth-order valence-electron chi connectivity index (χ4n) is 5.61. The second-order valence-electron chi connectivity index (χ2n) is 9.64. The summed E-state index contributed by atoms with van der Waals surface area (Å²) >= 11 is 0. The number of fused-ring (bicyclic) bond motifs is 1. The minimum absolute atomic E-state index is 0.0176. The summed E-state index contributed by atoms with van der Waals surface area (Å²) in [5, 5.41) is 11.0. The summed E-state index contributed by atoms with van der Waals surface area (Å²) in [6, 6.07) is 0. The molecule has 0 bridgehead atoms. The van der Waals surface area contributed by atoms with Crippen LogP contribution in [0.25, 0.3) is 0 Å². The van der Waals surface area contributed by atoms with Gasteiger partial charge in [0.1, 0.15) is 18.3 Å². The number of rotatable bonds is 3. The van der Waals surface area contributed by atoms with E-state index >= 15 is 0 Å². The summed E-state index contributed by atoms with van der Waals surface area (Å²) in [4.78, 5) is 0. The highest BCUT2D eigenvalue weighted by molar-refractivity contribution is 5.19. The zero-order valence-electron chi connectivity index (χ0n) is 17.1. The summed E-state index contributed by atoms with van der Waals surface area (Å²) in [6.45, 7) is 14.4. The molecule has 1 aliphatic carbocycles. The fourth-order valence-corrected chi connectivity index (χ4v) is 5.61. The van der Waals surface area contributed by atoms with E-state index in [-0.39, 0.29) is 24.2 Å². The Labute approximate surface area is 162 Å². The molecule has 154 valence electrons. The smallest absolute Gasteiger partial charge is 0.188 e. The molecule has 27 heavy (non-hydrogen) atoms. The van der Waals surface area contributed by atoms with E-state index in [1.165, 1.54) is 0 Å². The second-order valence-corrected chi connectivity index (χ2v) is 9.64. The first kappa shape index (κ1) is 19.8. The Bertz CT molecular complexity index is 589. The van der Waals surface area contributed by atoms with Crippen molar-refractivity contribution >= 4 is 0 Å². The molecule has 4 fully saturated rings. The van der Waals surface area contributed by atoms with E-state index < -0.39 is 29.4 Å². The lowest BCUT2D eigenvalue weighted by molar-refractivity contribution is -0.241. The monoisotopic (exact) mass is 382 g/mol. The van der Waals surface area contributed by atoms with Crippen molar-refractivity contribution in [3.05, 3.63) is 12.7 Å². The van der Waals surface area contributed by atoms with Gasteiger partial charge in [-0.05, 0) is 52.4 Å². The van der Waals surface area contributed by atoms with Crippen LogP contribution in [-0.4, -0.2) is 54.0 Å². The number of ether oxygens (including phenoxy) is 5. The molecule has 0 spiro atoms. The highest BCUT2D eigenvalue weighted by Crippen LogP contribution is 2.58. The third-order valence-corrected chi connectivity index (χ3v) is 6.77. The van der Waals surface area contributed by atoms with Gasteiger partial charge in [-0.15, -0.1) is 6.58 Å². The zero-order valence-corrected chi connectivity index (χ0v) is 17.1. The van der Waals surface area contributed by atoms with Crippen LogP contribution in [0.15, 0.2) is 12.7 Å². The second kappa shape index (κ2) is 6.51. The van der Waals surface area contributed by atoms with Crippen LogP contribution in [0, 0.1) is 17.3 Å². The molecule has 1 unspecified atom stereocenters. The molecular formula is C21H34O6. The average Bonchev–Trinajstić information content (AvgIpc) is 3.16. The molecule has 4 rings (SSSR count). The van der Waals surface area contributed by atoms with Gasteiger partial charge in [-0.3, -0.25) is 0 Å². The van der Waals surface area contributed by atoms with Crippen LogP contribution >= 0.6 is 0 Å². The normalized spacial score (nSPS) is 51.3. The third-order valence-electron chi connectivity index (χ3n) is 6.77. The summed E-state index contributed by atoms with van der Waals surface area (Å²) in [7, 11) is 0. The first-order valence-electron chi connectivity index (χ1n) is 10.2. The van der Waals surface area contributed by atoms with Crippen LogP contribution in [0.2, 0.25) is 0 Å². The van der Waals surface area contributed by atoms with Gasteiger partial charge in [0, 0.05) is 0 Å². The Kier molecular flexibility index (Phi) is 4.77. The highest BCUT2D eigenvalue weighted by atomic mass is 16.8. The molecule has 6 nitrogen and oxygen atoms in total. The molecule has 0 aromatic carbocycles. The molecular weight excluding hydrogens is 348 g/mol. The molecule has 1 N–H and O–H groups in total. The summed E-state index contributed by atoms with van der Waals surface area (Å²) < 4.78 is 30.8. The summed E-state index contributed by atoms with van der Waals surface area (Å²) in [5.74, 6) is -0.888. The van der Waals surface area contributed by atoms with Crippen molar-refractivity contribution in [2.24, 2.45) is 17.3 Å². The topological polar surface area (TPSA) is 66.4 Å². The number of hydrogen-bond acceptors (Lipinski definition) is 6. The molecule has 3 saturated heterocycles. The first-order chi connectivity index (χ1) is 12.6. The Balaban J connectivity index is 1.71. The minimum atomic E-state index is -0.728. The lowest BCUT2D eigenvalue weighted by Crippen LogP contribution is -2.55. The minimum Gasteiger partial charge on any atom is -0.393 e. The van der Waals surface area contributed by atoms with Gasteiger partial charge in [0.05, 0.1) is 18.1 Å². The van der Waals surface area contributed by atoms with E-state index in [0.29, 0.717) is 12.5 Å². The average molecular weight is 382 g/mol. The Morgan fingerprint density at radius 3 is 2.33 bits per heavy atom. The maximum absolute atomic E-state index is 11.0. The molecule has 3 aliphatic heterocycles. The Morgan fingerprint density at radius 2 is 1.74 bits per heavy atom. The first-order valence-corrected chi connectivity index (χ1v) is 10.2. The molecule has 0 aromatic heterocycles. The molecule has 4 aliphatic rings. The molecule has 0 aromatic rings. The predicted octanol–water partition coefficient (Wildman–Crippen LogP) is 2.98. The van der Waals surface area contributed by atoms with Crippen molar-refractivity contribution in [1.29, 1.82) is 0 Å². The van der Waals surface area contributed by atoms with Gasteiger partial charge in [0.2, 0.25) is 0 Å². The Morgan fingerprint density at radius 1 is 1.00 bits per heavy atom. The zero-order chi connectivity index (χ0) is 19.6. The third kappa shape index (κ3) is 3.18. The Hall–Kier alpha value is -0.500. The molecule has 0 radical (unpaired) electrons. The van der Waals surface area contributed by atoms with E-state index in [1.54, 1.807) is 0 Å². The lowest BCUT2D eigenvalue weighted by Gasteiger charge is -2.47. The van der Waals surface area contributed by atoms with Gasteiger partial charge in [-0.2, -0.15) is 0 Å². The maximum Gasteiger partial charge on any atom is 0.188 e. The maximum atomic E-state index is 11.0. The van der Waals surface area contributed by atoms with Gasteiger partial charge in [-0.1, -0.05) is 19.4 Å². The van der Waals surface area contributed by atoms with Gasteiger partial charge < -0.3 is 28.8 Å². The molecule has 6 heteroatoms. The van der Waals surface area contributed by atoms with Crippen LogP contribution in [0.5, 0.6) is 0 Å². The lowest BCUT2D eigenvalue weighted by atomic mass is 9.60. The van der Waals surface area contributed by atoms with Crippen molar-refractivity contribution in [1.82, 2.24) is 0 Å². The fraction of sp³-hybridized carbons (Fsp3) is 0.905. The predicted molar refractivity (Wildman–Crippen MR) is 98.7 cm³/mol. The molecule has 1 saturated carbocycles. The van der Waals surface area contributed by atoms with Crippen LogP contribution in [0.3, 0.4) is 0 Å². The van der Waals surface area contributed by atoms with Crippen molar-refractivity contribution in [3.8, 4) is 0 Å². The summed E-state index contributed by atoms with van der Waals surface area (Å²) in [6.07, 6.45) is 2.84. The molecule has 8 atom stereocenters. The quantitative estimate of drug-likeness (QED) is 0.757. The SMILES string of the molecule is C=C[C@]1([C@@H]2CC[C@H](C)C[C@@H]2O)[C@@H](C2COC(C)(C)O2)O[C@@H]2OC(C)(C)O[C@@H]21. The van der Waals surface area contributed by atoms with E-state index in [9.17, 15) is 5.11 Å². The molecule has 3 heterocycles. The van der Waals surface area contributed by atoms with E-state index in [0.717, 1.165) is 19.3 Å². The van der Waals surface area contributed by atoms with Crippen LogP contribution in [0.4, 0.5) is 0 Å². The standard InChI is InChI=1S/C21H34O6/c1-7-21(13-9-8-12(2)10-14(13)22)16(15-11-23-19(3,4)25-15)24-18-17(21)26-20(5,6)27-18/h7,12-18,22H,1,8-11H2,2-6H3/t12-,13+,14-,15?,16+,17-,18+,21-/m0/s1. The van der Waals surface area contributed by atoms with Crippen molar-refractivity contribution in [3.63, 3.8) is 0 Å². The highest BCUT2D eigenvalue weighted by Gasteiger charge is 2.68. The number of aliphatic hydroxyl groups excluding tert-OH is 1. The van der Waals surface area contributed by atoms with Gasteiger partial charge in [0.15, 0.2) is 17.9 Å². The van der Waals surface area contributed by atoms with E-state index in [4.69, 9.17) is 23.7 Å². The van der Waals surface area contributed by atoms with Crippen LogP contribution in [0.1, 0.15) is 53.9 Å². The van der Waals surface area contributed by atoms with E-state index in [1.807, 2.05) is 33.8 Å². The van der Waals surface area contributed by atoms with Gasteiger partial charge in [0.25, 0.3) is 0 Å². The van der Waals surface area contributed by atoms with Gasteiger partial charge >= 0.3 is 0 Å².